The van der Waals surface area contributed by atoms with Gasteiger partial charge in [-0.25, -0.2) is 0 Å². The van der Waals surface area contributed by atoms with E-state index in [9.17, 15) is 0 Å². The van der Waals surface area contributed by atoms with Gasteiger partial charge in [0.2, 0.25) is 0 Å². The SMILES string of the molecule is C=C.c1ccc(CN(c2ccccc2)c2ccccc2)cc1. The van der Waals surface area contributed by atoms with Crippen molar-refractivity contribution in [2.45, 2.75) is 6.54 Å². The fraction of sp³-hybridized carbons (Fsp3) is 0.0476. The minimum atomic E-state index is 0.870. The number of benzene rings is 3. The van der Waals surface area contributed by atoms with Crippen LogP contribution in [0.15, 0.2) is 104 Å². The van der Waals surface area contributed by atoms with Crippen LogP contribution in [0.2, 0.25) is 0 Å². The second-order valence-electron chi connectivity index (χ2n) is 4.74. The molecular weight excluding hydrogens is 266 g/mol. The summed E-state index contributed by atoms with van der Waals surface area (Å²) >= 11 is 0. The summed E-state index contributed by atoms with van der Waals surface area (Å²) < 4.78 is 0. The fourth-order valence-corrected chi connectivity index (χ4v) is 2.31. The van der Waals surface area contributed by atoms with E-state index in [0.717, 1.165) is 6.54 Å². The lowest BCUT2D eigenvalue weighted by Gasteiger charge is -2.25. The van der Waals surface area contributed by atoms with Crippen molar-refractivity contribution in [1.82, 2.24) is 0 Å². The summed E-state index contributed by atoms with van der Waals surface area (Å²) in [5.74, 6) is 0. The second kappa shape index (κ2) is 8.48. The van der Waals surface area contributed by atoms with Gasteiger partial charge < -0.3 is 4.90 Å². The maximum absolute atomic E-state index is 3.00. The minimum Gasteiger partial charge on any atom is -0.337 e. The van der Waals surface area contributed by atoms with E-state index >= 15 is 0 Å². The highest BCUT2D eigenvalue weighted by molar-refractivity contribution is 5.63. The van der Waals surface area contributed by atoms with Crippen LogP contribution in [0.1, 0.15) is 5.56 Å². The van der Waals surface area contributed by atoms with Crippen molar-refractivity contribution in [3.8, 4) is 0 Å². The van der Waals surface area contributed by atoms with Gasteiger partial charge in [-0.15, -0.1) is 13.2 Å². The monoisotopic (exact) mass is 287 g/mol. The number of para-hydroxylation sites is 2. The first-order valence-electron chi connectivity index (χ1n) is 7.35. The van der Waals surface area contributed by atoms with E-state index in [1.807, 2.05) is 0 Å². The lowest BCUT2D eigenvalue weighted by atomic mass is 10.1. The Hall–Kier alpha value is -2.80. The van der Waals surface area contributed by atoms with E-state index in [0.29, 0.717) is 0 Å². The summed E-state index contributed by atoms with van der Waals surface area (Å²) in [7, 11) is 0. The third-order valence-corrected chi connectivity index (χ3v) is 3.32. The third kappa shape index (κ3) is 4.10. The van der Waals surface area contributed by atoms with Crippen LogP contribution in [-0.2, 0) is 6.54 Å². The second-order valence-corrected chi connectivity index (χ2v) is 4.74. The average Bonchev–Trinajstić information content (AvgIpc) is 2.64. The normalized spacial score (nSPS) is 9.45. The molecule has 0 saturated heterocycles. The Labute approximate surface area is 133 Å². The molecule has 3 aromatic carbocycles. The van der Waals surface area contributed by atoms with Crippen LogP contribution < -0.4 is 4.90 Å². The first kappa shape index (κ1) is 15.6. The van der Waals surface area contributed by atoms with E-state index in [1.54, 1.807) is 0 Å². The molecule has 0 spiro atoms. The fourth-order valence-electron chi connectivity index (χ4n) is 2.31. The standard InChI is InChI=1S/C19H17N.C2H4/c1-4-10-17(11-5-1)16-20(18-12-6-2-7-13-18)19-14-8-3-9-15-19;1-2/h1-15H,16H2;1-2H2. The zero-order valence-electron chi connectivity index (χ0n) is 12.7. The van der Waals surface area contributed by atoms with E-state index < -0.39 is 0 Å². The highest BCUT2D eigenvalue weighted by Crippen LogP contribution is 2.26. The van der Waals surface area contributed by atoms with Crippen LogP contribution in [-0.4, -0.2) is 0 Å². The van der Waals surface area contributed by atoms with Gasteiger partial charge in [-0.3, -0.25) is 0 Å². The maximum Gasteiger partial charge on any atom is 0.0481 e. The van der Waals surface area contributed by atoms with E-state index in [1.165, 1.54) is 16.9 Å². The van der Waals surface area contributed by atoms with Gasteiger partial charge >= 0.3 is 0 Å². The van der Waals surface area contributed by atoms with Crippen LogP contribution in [0.3, 0.4) is 0 Å². The number of hydrogen-bond acceptors (Lipinski definition) is 1. The number of nitrogens with zero attached hydrogens (tertiary/aromatic N) is 1. The lowest BCUT2D eigenvalue weighted by Crippen LogP contribution is -2.16. The van der Waals surface area contributed by atoms with Crippen molar-refractivity contribution < 1.29 is 0 Å². The zero-order chi connectivity index (χ0) is 15.6. The molecule has 0 fully saturated rings. The van der Waals surface area contributed by atoms with Gasteiger partial charge in [0.1, 0.15) is 0 Å². The van der Waals surface area contributed by atoms with Gasteiger partial charge in [0, 0.05) is 17.9 Å². The molecular formula is C21H21N. The molecule has 3 rings (SSSR count). The first-order valence-corrected chi connectivity index (χ1v) is 7.35. The first-order chi connectivity index (χ1) is 10.9. The van der Waals surface area contributed by atoms with Crippen LogP contribution in [0.5, 0.6) is 0 Å². The van der Waals surface area contributed by atoms with Gasteiger partial charge in [-0.05, 0) is 29.8 Å². The highest BCUT2D eigenvalue weighted by Gasteiger charge is 2.08. The van der Waals surface area contributed by atoms with Crippen LogP contribution in [0.25, 0.3) is 0 Å². The van der Waals surface area contributed by atoms with Crippen molar-refractivity contribution in [3.05, 3.63) is 110 Å². The van der Waals surface area contributed by atoms with E-state index in [4.69, 9.17) is 0 Å². The van der Waals surface area contributed by atoms with Crippen LogP contribution >= 0.6 is 0 Å². The van der Waals surface area contributed by atoms with Gasteiger partial charge in [-0.2, -0.15) is 0 Å². The molecule has 0 radical (unpaired) electrons. The minimum absolute atomic E-state index is 0.870. The van der Waals surface area contributed by atoms with Gasteiger partial charge in [0.05, 0.1) is 0 Å². The Morgan fingerprint density at radius 3 is 1.32 bits per heavy atom. The summed E-state index contributed by atoms with van der Waals surface area (Å²) in [5.41, 5.74) is 3.73. The lowest BCUT2D eigenvalue weighted by molar-refractivity contribution is 0.975. The summed E-state index contributed by atoms with van der Waals surface area (Å²) in [6.07, 6.45) is 0. The van der Waals surface area contributed by atoms with E-state index in [2.05, 4.69) is 109 Å². The predicted octanol–water partition coefficient (Wildman–Crippen LogP) is 5.83. The van der Waals surface area contributed by atoms with Crippen LogP contribution in [0.4, 0.5) is 11.4 Å². The molecule has 0 saturated carbocycles. The van der Waals surface area contributed by atoms with Crippen molar-refractivity contribution >= 4 is 11.4 Å². The summed E-state index contributed by atoms with van der Waals surface area (Å²) in [6.45, 7) is 6.87. The van der Waals surface area contributed by atoms with Crippen molar-refractivity contribution in [2.75, 3.05) is 4.90 Å². The molecule has 3 aromatic rings. The molecule has 1 heteroatoms. The largest absolute Gasteiger partial charge is 0.337 e. The molecule has 0 atom stereocenters. The van der Waals surface area contributed by atoms with Crippen LogP contribution in [0, 0.1) is 0 Å². The maximum atomic E-state index is 3.00. The molecule has 0 aliphatic rings. The van der Waals surface area contributed by atoms with Gasteiger partial charge in [-0.1, -0.05) is 66.7 Å². The molecule has 0 aliphatic carbocycles. The van der Waals surface area contributed by atoms with Crippen molar-refractivity contribution in [1.29, 1.82) is 0 Å². The van der Waals surface area contributed by atoms with E-state index in [-0.39, 0.29) is 0 Å². The predicted molar refractivity (Wildman–Crippen MR) is 96.4 cm³/mol. The Kier molecular flexibility index (Phi) is 6.01. The quantitative estimate of drug-likeness (QED) is 0.546. The molecule has 110 valence electrons. The molecule has 0 aliphatic heterocycles. The smallest absolute Gasteiger partial charge is 0.0481 e. The molecule has 0 amide bonds. The Morgan fingerprint density at radius 2 is 0.909 bits per heavy atom. The average molecular weight is 287 g/mol. The van der Waals surface area contributed by atoms with Crippen molar-refractivity contribution in [2.24, 2.45) is 0 Å². The molecule has 0 N–H and O–H groups in total. The molecule has 22 heavy (non-hydrogen) atoms. The van der Waals surface area contributed by atoms with Gasteiger partial charge in [0.15, 0.2) is 0 Å². The number of hydrogen-bond donors (Lipinski definition) is 0. The summed E-state index contributed by atoms with van der Waals surface area (Å²) in [5, 5.41) is 0. The third-order valence-electron chi connectivity index (χ3n) is 3.32. The van der Waals surface area contributed by atoms with Crippen molar-refractivity contribution in [3.63, 3.8) is 0 Å². The topological polar surface area (TPSA) is 3.24 Å². The molecule has 0 unspecified atom stereocenters. The Morgan fingerprint density at radius 1 is 0.545 bits per heavy atom. The Balaban J connectivity index is 0.000000847. The Bertz CT molecular complexity index is 608. The highest BCUT2D eigenvalue weighted by atomic mass is 15.1. The summed E-state index contributed by atoms with van der Waals surface area (Å²) in [4.78, 5) is 2.33. The number of rotatable bonds is 4. The molecule has 0 aromatic heterocycles. The molecule has 0 heterocycles. The van der Waals surface area contributed by atoms with Gasteiger partial charge in [0.25, 0.3) is 0 Å². The zero-order valence-corrected chi connectivity index (χ0v) is 12.7. The summed E-state index contributed by atoms with van der Waals surface area (Å²) in [6, 6.07) is 31.6. The molecule has 0 bridgehead atoms. The molecule has 1 nitrogen and oxygen atoms in total. The number of anilines is 2.